The Hall–Kier alpha value is -1.17. The minimum Gasteiger partial charge on any atom is -0.468 e. The van der Waals surface area contributed by atoms with Gasteiger partial charge < -0.3 is 9.73 Å². The highest BCUT2D eigenvalue weighted by Gasteiger charge is 2.19. The molecule has 1 N–H and O–H groups in total. The lowest BCUT2D eigenvalue weighted by molar-refractivity contribution is 0.245. The molecule has 0 aliphatic rings. The molecule has 0 radical (unpaired) electrons. The number of nitrogens with zero attached hydrogens (tertiary/aromatic N) is 2. The molecular formula is C15H23N3OS. The van der Waals surface area contributed by atoms with E-state index in [0.29, 0.717) is 0 Å². The summed E-state index contributed by atoms with van der Waals surface area (Å²) in [4.78, 5) is 8.07. The van der Waals surface area contributed by atoms with Crippen molar-refractivity contribution >= 4 is 11.3 Å². The van der Waals surface area contributed by atoms with E-state index in [2.05, 4.69) is 50.1 Å². The number of rotatable bonds is 6. The van der Waals surface area contributed by atoms with E-state index in [1.54, 1.807) is 17.6 Å². The number of hydrogen-bond acceptors (Lipinski definition) is 5. The third-order valence-corrected chi connectivity index (χ3v) is 4.36. The standard InChI is InChI=1S/C15H23N3OS/c1-10(15-11(2)20-12(3)17-15)16-9-13(18(4)5)14-7-6-8-19-14/h6-8,10,13,16H,9H2,1-5H3. The first-order valence-corrected chi connectivity index (χ1v) is 7.67. The monoisotopic (exact) mass is 293 g/mol. The highest BCUT2D eigenvalue weighted by Crippen LogP contribution is 2.24. The van der Waals surface area contributed by atoms with Crippen molar-refractivity contribution in [2.75, 3.05) is 20.6 Å². The summed E-state index contributed by atoms with van der Waals surface area (Å²) in [5.41, 5.74) is 1.16. The Balaban J connectivity index is 2.01. The fraction of sp³-hybridized carbons (Fsp3) is 0.533. The molecule has 2 aromatic rings. The maximum Gasteiger partial charge on any atom is 0.122 e. The molecule has 2 atom stereocenters. The number of furan rings is 1. The van der Waals surface area contributed by atoms with E-state index < -0.39 is 0 Å². The number of hydrogen-bond donors (Lipinski definition) is 1. The Kier molecular flexibility index (Phi) is 4.96. The van der Waals surface area contributed by atoms with Crippen molar-refractivity contribution in [3.8, 4) is 0 Å². The van der Waals surface area contributed by atoms with E-state index in [1.165, 1.54) is 4.88 Å². The van der Waals surface area contributed by atoms with E-state index in [9.17, 15) is 0 Å². The third kappa shape index (κ3) is 3.48. The average Bonchev–Trinajstić information content (AvgIpc) is 2.99. The van der Waals surface area contributed by atoms with Crippen molar-refractivity contribution in [3.05, 3.63) is 39.7 Å². The summed E-state index contributed by atoms with van der Waals surface area (Å²) in [6.45, 7) is 7.18. The molecule has 0 saturated carbocycles. The zero-order valence-electron chi connectivity index (χ0n) is 12.8. The first kappa shape index (κ1) is 15.2. The second kappa shape index (κ2) is 6.52. The maximum atomic E-state index is 5.53. The largest absolute Gasteiger partial charge is 0.468 e. The minimum atomic E-state index is 0.229. The van der Waals surface area contributed by atoms with Gasteiger partial charge in [0, 0.05) is 17.5 Å². The average molecular weight is 293 g/mol. The molecular weight excluding hydrogens is 270 g/mol. The van der Waals surface area contributed by atoms with Crippen molar-refractivity contribution in [1.82, 2.24) is 15.2 Å². The van der Waals surface area contributed by atoms with Crippen LogP contribution in [0.2, 0.25) is 0 Å². The van der Waals surface area contributed by atoms with Crippen LogP contribution in [-0.4, -0.2) is 30.5 Å². The molecule has 2 rings (SSSR count). The van der Waals surface area contributed by atoms with Crippen LogP contribution in [0.3, 0.4) is 0 Å². The molecule has 5 heteroatoms. The molecule has 2 heterocycles. The molecule has 20 heavy (non-hydrogen) atoms. The predicted molar refractivity (Wildman–Crippen MR) is 83.1 cm³/mol. The van der Waals surface area contributed by atoms with Gasteiger partial charge in [-0.3, -0.25) is 4.90 Å². The topological polar surface area (TPSA) is 41.3 Å². The molecule has 0 aromatic carbocycles. The molecule has 2 aromatic heterocycles. The first-order chi connectivity index (χ1) is 9.49. The van der Waals surface area contributed by atoms with Crippen molar-refractivity contribution in [2.45, 2.75) is 32.9 Å². The number of likely N-dealkylation sites (N-methyl/N-ethyl adjacent to an activating group) is 1. The Labute approximate surface area is 124 Å². The summed E-state index contributed by atoms with van der Waals surface area (Å²) in [6.07, 6.45) is 1.73. The quantitative estimate of drug-likeness (QED) is 0.887. The highest BCUT2D eigenvalue weighted by molar-refractivity contribution is 7.11. The second-order valence-corrected chi connectivity index (χ2v) is 6.71. The normalized spacial score (nSPS) is 14.7. The van der Waals surface area contributed by atoms with Gasteiger partial charge in [-0.15, -0.1) is 11.3 Å². The van der Waals surface area contributed by atoms with Crippen molar-refractivity contribution in [1.29, 1.82) is 0 Å². The van der Waals surface area contributed by atoms with Gasteiger partial charge in [-0.25, -0.2) is 4.98 Å². The van der Waals surface area contributed by atoms with Gasteiger partial charge in [0.2, 0.25) is 0 Å². The molecule has 0 saturated heterocycles. The van der Waals surface area contributed by atoms with Gasteiger partial charge in [0.1, 0.15) is 5.76 Å². The number of nitrogens with one attached hydrogen (secondary N) is 1. The van der Waals surface area contributed by atoms with Crippen LogP contribution in [0, 0.1) is 13.8 Å². The molecule has 0 amide bonds. The lowest BCUT2D eigenvalue weighted by Crippen LogP contribution is -2.32. The zero-order chi connectivity index (χ0) is 14.7. The van der Waals surface area contributed by atoms with Gasteiger partial charge in [0.05, 0.1) is 23.0 Å². The van der Waals surface area contributed by atoms with Crippen LogP contribution in [0.15, 0.2) is 22.8 Å². The predicted octanol–water partition coefficient (Wildman–Crippen LogP) is 3.31. The smallest absolute Gasteiger partial charge is 0.122 e. The number of aryl methyl sites for hydroxylation is 2. The van der Waals surface area contributed by atoms with Crippen LogP contribution >= 0.6 is 11.3 Å². The summed E-state index contributed by atoms with van der Waals surface area (Å²) in [5.74, 6) is 0.987. The number of thiazole rings is 1. The third-order valence-electron chi connectivity index (χ3n) is 3.46. The SMILES string of the molecule is Cc1nc(C(C)NCC(c2ccco2)N(C)C)c(C)s1. The van der Waals surface area contributed by atoms with Crippen LogP contribution in [0.25, 0.3) is 0 Å². The van der Waals surface area contributed by atoms with Crippen LogP contribution in [0.5, 0.6) is 0 Å². The van der Waals surface area contributed by atoms with Crippen LogP contribution < -0.4 is 5.32 Å². The van der Waals surface area contributed by atoms with E-state index in [0.717, 1.165) is 23.0 Å². The van der Waals surface area contributed by atoms with Crippen molar-refractivity contribution < 1.29 is 4.42 Å². The molecule has 2 unspecified atom stereocenters. The van der Waals surface area contributed by atoms with Crippen molar-refractivity contribution in [3.63, 3.8) is 0 Å². The van der Waals surface area contributed by atoms with Gasteiger partial charge in [-0.1, -0.05) is 0 Å². The fourth-order valence-electron chi connectivity index (χ4n) is 2.35. The van der Waals surface area contributed by atoms with Crippen LogP contribution in [0.4, 0.5) is 0 Å². The van der Waals surface area contributed by atoms with Gasteiger partial charge in [-0.05, 0) is 47.0 Å². The van der Waals surface area contributed by atoms with Crippen LogP contribution in [-0.2, 0) is 0 Å². The van der Waals surface area contributed by atoms with E-state index in [-0.39, 0.29) is 12.1 Å². The summed E-state index contributed by atoms with van der Waals surface area (Å²) >= 11 is 1.76. The summed E-state index contributed by atoms with van der Waals surface area (Å²) in [5, 5.41) is 4.69. The Bertz CT molecular complexity index is 533. The summed E-state index contributed by atoms with van der Waals surface area (Å²) in [6, 6.07) is 4.43. The molecule has 0 aliphatic heterocycles. The van der Waals surface area contributed by atoms with Gasteiger partial charge in [-0.2, -0.15) is 0 Å². The lowest BCUT2D eigenvalue weighted by atomic mass is 10.1. The van der Waals surface area contributed by atoms with Gasteiger partial charge in [0.15, 0.2) is 0 Å². The maximum absolute atomic E-state index is 5.53. The van der Waals surface area contributed by atoms with Gasteiger partial charge >= 0.3 is 0 Å². The van der Waals surface area contributed by atoms with E-state index >= 15 is 0 Å². The summed E-state index contributed by atoms with van der Waals surface area (Å²) < 4.78 is 5.53. The Morgan fingerprint density at radius 1 is 1.40 bits per heavy atom. The van der Waals surface area contributed by atoms with E-state index in [4.69, 9.17) is 4.42 Å². The first-order valence-electron chi connectivity index (χ1n) is 6.86. The second-order valence-electron chi connectivity index (χ2n) is 5.30. The fourth-order valence-corrected chi connectivity index (χ4v) is 3.26. The molecule has 0 spiro atoms. The lowest BCUT2D eigenvalue weighted by Gasteiger charge is -2.24. The zero-order valence-corrected chi connectivity index (χ0v) is 13.6. The van der Waals surface area contributed by atoms with Crippen molar-refractivity contribution in [2.24, 2.45) is 0 Å². The highest BCUT2D eigenvalue weighted by atomic mass is 32.1. The van der Waals surface area contributed by atoms with Crippen LogP contribution in [0.1, 0.15) is 40.3 Å². The molecule has 4 nitrogen and oxygen atoms in total. The minimum absolute atomic E-state index is 0.229. The molecule has 0 aliphatic carbocycles. The molecule has 0 fully saturated rings. The molecule has 0 bridgehead atoms. The molecule has 110 valence electrons. The van der Waals surface area contributed by atoms with E-state index in [1.807, 2.05) is 12.1 Å². The Morgan fingerprint density at radius 3 is 2.65 bits per heavy atom. The number of aromatic nitrogens is 1. The Morgan fingerprint density at radius 2 is 2.15 bits per heavy atom. The van der Waals surface area contributed by atoms with Gasteiger partial charge in [0.25, 0.3) is 0 Å². The summed E-state index contributed by atoms with van der Waals surface area (Å²) in [7, 11) is 4.13.